The fraction of sp³-hybridized carbons (Fsp3) is 0.667. The molecule has 0 aromatic carbocycles. The average Bonchev–Trinajstić information content (AvgIpc) is 2.71. The first-order chi connectivity index (χ1) is 8.36. The van der Waals surface area contributed by atoms with Gasteiger partial charge in [0, 0.05) is 26.0 Å². The maximum atomic E-state index is 11.4. The summed E-state index contributed by atoms with van der Waals surface area (Å²) in [6, 6.07) is 0. The molecule has 1 atom stereocenters. The summed E-state index contributed by atoms with van der Waals surface area (Å²) in [7, 11) is 5.28. The molecule has 102 valence electrons. The third kappa shape index (κ3) is 3.82. The standard InChI is InChI=1S/C12H22N4O2/c1-12(13,11(17)18-4)5-7-15(2)9-10-14-6-8-16(10)3/h6,8H,5,7,9,13H2,1-4H3. The molecule has 6 heteroatoms. The Morgan fingerprint density at radius 3 is 2.83 bits per heavy atom. The Balaban J connectivity index is 2.44. The molecule has 0 aliphatic carbocycles. The lowest BCUT2D eigenvalue weighted by Gasteiger charge is -2.24. The van der Waals surface area contributed by atoms with Gasteiger partial charge in [-0.2, -0.15) is 0 Å². The van der Waals surface area contributed by atoms with Gasteiger partial charge >= 0.3 is 5.97 Å². The number of imidazole rings is 1. The van der Waals surface area contributed by atoms with Gasteiger partial charge in [-0.15, -0.1) is 0 Å². The van der Waals surface area contributed by atoms with Crippen molar-refractivity contribution in [1.82, 2.24) is 14.5 Å². The highest BCUT2D eigenvalue weighted by Gasteiger charge is 2.29. The van der Waals surface area contributed by atoms with Crippen LogP contribution in [0.1, 0.15) is 19.2 Å². The van der Waals surface area contributed by atoms with Gasteiger partial charge < -0.3 is 15.0 Å². The van der Waals surface area contributed by atoms with Crippen LogP contribution < -0.4 is 5.73 Å². The summed E-state index contributed by atoms with van der Waals surface area (Å²) in [5, 5.41) is 0. The Labute approximate surface area is 108 Å². The van der Waals surface area contributed by atoms with E-state index in [1.807, 2.05) is 24.9 Å². The summed E-state index contributed by atoms with van der Waals surface area (Å²) in [6.45, 7) is 3.11. The van der Waals surface area contributed by atoms with Gasteiger partial charge in [0.25, 0.3) is 0 Å². The number of aromatic nitrogens is 2. The monoisotopic (exact) mass is 254 g/mol. The van der Waals surface area contributed by atoms with E-state index in [0.717, 1.165) is 12.4 Å². The van der Waals surface area contributed by atoms with Crippen LogP contribution in [-0.2, 0) is 23.1 Å². The Bertz CT molecular complexity index is 401. The minimum absolute atomic E-state index is 0.382. The molecule has 1 unspecified atom stereocenters. The average molecular weight is 254 g/mol. The Morgan fingerprint density at radius 1 is 1.67 bits per heavy atom. The second-order valence-electron chi connectivity index (χ2n) is 4.85. The van der Waals surface area contributed by atoms with Crippen molar-refractivity contribution >= 4 is 5.97 Å². The van der Waals surface area contributed by atoms with Gasteiger partial charge in [0.05, 0.1) is 13.7 Å². The highest BCUT2D eigenvalue weighted by Crippen LogP contribution is 2.09. The highest BCUT2D eigenvalue weighted by molar-refractivity contribution is 5.79. The van der Waals surface area contributed by atoms with E-state index in [0.29, 0.717) is 13.0 Å². The van der Waals surface area contributed by atoms with Crippen LogP contribution in [0.2, 0.25) is 0 Å². The number of hydrogen-bond donors (Lipinski definition) is 1. The van der Waals surface area contributed by atoms with Gasteiger partial charge in [0.15, 0.2) is 0 Å². The number of rotatable bonds is 6. The fourth-order valence-corrected chi connectivity index (χ4v) is 1.63. The zero-order valence-corrected chi connectivity index (χ0v) is 11.5. The second kappa shape index (κ2) is 5.97. The molecule has 2 N–H and O–H groups in total. The van der Waals surface area contributed by atoms with Gasteiger partial charge in [-0.3, -0.25) is 9.69 Å². The van der Waals surface area contributed by atoms with Crippen LogP contribution in [0.4, 0.5) is 0 Å². The summed E-state index contributed by atoms with van der Waals surface area (Å²) in [5.41, 5.74) is 4.96. The molecule has 1 rings (SSSR count). The first-order valence-electron chi connectivity index (χ1n) is 5.89. The lowest BCUT2D eigenvalue weighted by atomic mass is 9.99. The van der Waals surface area contributed by atoms with E-state index in [1.54, 1.807) is 13.1 Å². The quantitative estimate of drug-likeness (QED) is 0.731. The maximum Gasteiger partial charge on any atom is 0.325 e. The maximum absolute atomic E-state index is 11.4. The van der Waals surface area contributed by atoms with Crippen molar-refractivity contribution in [1.29, 1.82) is 0 Å². The lowest BCUT2D eigenvalue weighted by Crippen LogP contribution is -2.47. The number of methoxy groups -OCH3 is 1. The smallest absolute Gasteiger partial charge is 0.325 e. The molecule has 0 amide bonds. The first-order valence-corrected chi connectivity index (χ1v) is 5.89. The predicted octanol–water partition coefficient (Wildman–Crippen LogP) is 0.132. The van der Waals surface area contributed by atoms with Crippen molar-refractivity contribution < 1.29 is 9.53 Å². The number of carbonyl (C=O) groups is 1. The van der Waals surface area contributed by atoms with Gasteiger partial charge in [-0.25, -0.2) is 4.98 Å². The normalized spacial score (nSPS) is 14.6. The minimum atomic E-state index is -0.940. The molecule has 1 heterocycles. The Kier molecular flexibility index (Phi) is 4.86. The molecule has 1 aromatic rings. The van der Waals surface area contributed by atoms with E-state index in [9.17, 15) is 4.79 Å². The summed E-state index contributed by atoms with van der Waals surface area (Å²) < 4.78 is 6.64. The molecule has 0 aliphatic rings. The van der Waals surface area contributed by atoms with Crippen molar-refractivity contribution in [3.8, 4) is 0 Å². The third-order valence-corrected chi connectivity index (χ3v) is 3.00. The van der Waals surface area contributed by atoms with Gasteiger partial charge in [-0.05, 0) is 20.4 Å². The van der Waals surface area contributed by atoms with Crippen LogP contribution in [-0.4, -0.2) is 46.7 Å². The third-order valence-electron chi connectivity index (χ3n) is 3.00. The zero-order valence-electron chi connectivity index (χ0n) is 11.5. The minimum Gasteiger partial charge on any atom is -0.468 e. The molecular formula is C12H22N4O2. The van der Waals surface area contributed by atoms with Gasteiger partial charge in [0.1, 0.15) is 11.4 Å². The predicted molar refractivity (Wildman–Crippen MR) is 68.8 cm³/mol. The van der Waals surface area contributed by atoms with Gasteiger partial charge in [-0.1, -0.05) is 0 Å². The molecule has 1 aromatic heterocycles. The summed E-state index contributed by atoms with van der Waals surface area (Å²) >= 11 is 0. The van der Waals surface area contributed by atoms with Gasteiger partial charge in [0.2, 0.25) is 0 Å². The number of nitrogens with zero attached hydrogens (tertiary/aromatic N) is 3. The van der Waals surface area contributed by atoms with E-state index in [-0.39, 0.29) is 5.97 Å². The summed E-state index contributed by atoms with van der Waals surface area (Å²) in [6.07, 6.45) is 4.22. The van der Waals surface area contributed by atoms with Crippen molar-refractivity contribution in [3.63, 3.8) is 0 Å². The largest absolute Gasteiger partial charge is 0.468 e. The van der Waals surface area contributed by atoms with Crippen LogP contribution in [0.5, 0.6) is 0 Å². The van der Waals surface area contributed by atoms with Crippen molar-refractivity contribution in [3.05, 3.63) is 18.2 Å². The number of ether oxygens (including phenoxy) is 1. The Hall–Kier alpha value is -1.40. The topological polar surface area (TPSA) is 73.4 Å². The molecule has 0 spiro atoms. The number of carbonyl (C=O) groups excluding carboxylic acids is 1. The molecule has 0 aliphatic heterocycles. The van der Waals surface area contributed by atoms with E-state index in [1.165, 1.54) is 7.11 Å². The van der Waals surface area contributed by atoms with E-state index >= 15 is 0 Å². The van der Waals surface area contributed by atoms with Crippen molar-refractivity contribution in [2.24, 2.45) is 12.8 Å². The molecule has 0 saturated heterocycles. The van der Waals surface area contributed by atoms with Crippen molar-refractivity contribution in [2.75, 3.05) is 20.7 Å². The molecule has 0 bridgehead atoms. The fourth-order valence-electron chi connectivity index (χ4n) is 1.63. The first kappa shape index (κ1) is 14.7. The van der Waals surface area contributed by atoms with Crippen LogP contribution in [0.25, 0.3) is 0 Å². The number of hydrogen-bond acceptors (Lipinski definition) is 5. The number of nitrogens with two attached hydrogens (primary N) is 1. The molecule has 0 radical (unpaired) electrons. The second-order valence-corrected chi connectivity index (χ2v) is 4.85. The van der Waals surface area contributed by atoms with Crippen LogP contribution >= 0.6 is 0 Å². The summed E-state index contributed by atoms with van der Waals surface area (Å²) in [5.74, 6) is 0.599. The molecule has 0 fully saturated rings. The lowest BCUT2D eigenvalue weighted by molar-refractivity contribution is -0.146. The zero-order chi connectivity index (χ0) is 13.8. The van der Waals surface area contributed by atoms with E-state index < -0.39 is 5.54 Å². The summed E-state index contributed by atoms with van der Waals surface area (Å²) in [4.78, 5) is 17.8. The molecular weight excluding hydrogens is 232 g/mol. The van der Waals surface area contributed by atoms with Crippen molar-refractivity contribution in [2.45, 2.75) is 25.4 Å². The Morgan fingerprint density at radius 2 is 2.33 bits per heavy atom. The van der Waals surface area contributed by atoms with Crippen LogP contribution in [0, 0.1) is 0 Å². The number of esters is 1. The van der Waals surface area contributed by atoms with E-state index in [2.05, 4.69) is 14.6 Å². The van der Waals surface area contributed by atoms with Crippen LogP contribution in [0.3, 0.4) is 0 Å². The highest BCUT2D eigenvalue weighted by atomic mass is 16.5. The SMILES string of the molecule is COC(=O)C(C)(N)CCN(C)Cc1nccn1C. The molecule has 18 heavy (non-hydrogen) atoms. The molecule has 0 saturated carbocycles. The van der Waals surface area contributed by atoms with E-state index in [4.69, 9.17) is 5.73 Å². The molecule has 6 nitrogen and oxygen atoms in total. The van der Waals surface area contributed by atoms with Crippen LogP contribution in [0.15, 0.2) is 12.4 Å². The number of aryl methyl sites for hydroxylation is 1.